The van der Waals surface area contributed by atoms with Gasteiger partial charge in [0.15, 0.2) is 0 Å². The van der Waals surface area contributed by atoms with E-state index in [1.807, 2.05) is 0 Å². The number of methoxy groups -OCH3 is 1. The Morgan fingerprint density at radius 3 is 2.57 bits per heavy atom. The minimum Gasteiger partial charge on any atom is -0.388 e. The van der Waals surface area contributed by atoms with Crippen molar-refractivity contribution >= 4 is 0 Å². The number of hydrogen-bond acceptors (Lipinski definition) is 3. The molecule has 3 heteroatoms. The molecule has 1 radical (unpaired) electrons. The highest BCUT2D eigenvalue weighted by Crippen LogP contribution is 1.82. The molecule has 43 valence electrons. The number of ether oxygens (including phenoxy) is 1. The Morgan fingerprint density at radius 1 is 1.86 bits per heavy atom. The van der Waals surface area contributed by atoms with E-state index in [9.17, 15) is 0 Å². The van der Waals surface area contributed by atoms with E-state index in [-0.39, 0.29) is 6.61 Å². The molecule has 0 aliphatic carbocycles. The van der Waals surface area contributed by atoms with Crippen LogP contribution in [0.1, 0.15) is 0 Å². The van der Waals surface area contributed by atoms with Gasteiger partial charge in [-0.15, -0.1) is 0 Å². The number of aliphatic hydroxyl groups excluding tert-OH is 2. The van der Waals surface area contributed by atoms with Gasteiger partial charge in [0.2, 0.25) is 0 Å². The van der Waals surface area contributed by atoms with Crippen LogP contribution < -0.4 is 0 Å². The highest BCUT2D eigenvalue weighted by atomic mass is 16.5. The van der Waals surface area contributed by atoms with Crippen LogP contribution in [0.5, 0.6) is 0 Å². The van der Waals surface area contributed by atoms with Crippen molar-refractivity contribution in [2.24, 2.45) is 0 Å². The minimum absolute atomic E-state index is 0.149. The van der Waals surface area contributed by atoms with Crippen LogP contribution in [0.25, 0.3) is 0 Å². The third-order valence-electron chi connectivity index (χ3n) is 0.510. The third-order valence-corrected chi connectivity index (χ3v) is 0.510. The Bertz CT molecular complexity index is 37.9. The van der Waals surface area contributed by atoms with Crippen molar-refractivity contribution in [1.29, 1.82) is 0 Å². The summed E-state index contributed by atoms with van der Waals surface area (Å²) in [6, 6.07) is 0. The zero-order valence-electron chi connectivity index (χ0n) is 4.16. The molecule has 1 unspecified atom stereocenters. The molecule has 0 aromatic carbocycles. The van der Waals surface area contributed by atoms with Crippen molar-refractivity contribution in [1.82, 2.24) is 0 Å². The van der Waals surface area contributed by atoms with Crippen molar-refractivity contribution in [2.75, 3.05) is 13.7 Å². The van der Waals surface area contributed by atoms with Crippen molar-refractivity contribution in [2.45, 2.75) is 6.10 Å². The number of aliphatic hydroxyl groups is 2. The van der Waals surface area contributed by atoms with Crippen LogP contribution in [0.4, 0.5) is 0 Å². The summed E-state index contributed by atoms with van der Waals surface area (Å²) in [6.07, 6.45) is -0.843. The minimum atomic E-state index is -0.843. The topological polar surface area (TPSA) is 49.7 Å². The summed E-state index contributed by atoms with van der Waals surface area (Å²) < 4.78 is 4.45. The van der Waals surface area contributed by atoms with E-state index in [1.54, 1.807) is 0 Å². The molecular weight excluding hydrogens is 96.0 g/mol. The molecule has 0 heterocycles. The molecule has 0 aromatic rings. The number of rotatable bonds is 3. The molecule has 0 fully saturated rings. The Balaban J connectivity index is 2.83. The quantitative estimate of drug-likeness (QED) is 0.510. The van der Waals surface area contributed by atoms with Gasteiger partial charge in [0, 0.05) is 7.11 Å². The SMILES string of the molecule is COCC(O)[CH]O. The lowest BCUT2D eigenvalue weighted by Crippen LogP contribution is -2.13. The van der Waals surface area contributed by atoms with Gasteiger partial charge in [-0.2, -0.15) is 0 Å². The van der Waals surface area contributed by atoms with Gasteiger partial charge >= 0.3 is 0 Å². The van der Waals surface area contributed by atoms with E-state index < -0.39 is 6.10 Å². The summed E-state index contributed by atoms with van der Waals surface area (Å²) in [5, 5.41) is 16.4. The highest BCUT2D eigenvalue weighted by molar-refractivity contribution is 4.59. The van der Waals surface area contributed by atoms with Gasteiger partial charge in [-0.05, 0) is 0 Å². The van der Waals surface area contributed by atoms with E-state index in [0.29, 0.717) is 6.61 Å². The average molecular weight is 105 g/mol. The van der Waals surface area contributed by atoms with Crippen molar-refractivity contribution < 1.29 is 14.9 Å². The maximum absolute atomic E-state index is 8.43. The predicted molar refractivity (Wildman–Crippen MR) is 24.1 cm³/mol. The van der Waals surface area contributed by atoms with Gasteiger partial charge in [0.05, 0.1) is 6.61 Å². The maximum atomic E-state index is 8.43. The summed E-state index contributed by atoms with van der Waals surface area (Å²) in [4.78, 5) is 0. The molecule has 2 N–H and O–H groups in total. The van der Waals surface area contributed by atoms with E-state index in [4.69, 9.17) is 10.2 Å². The first-order valence-electron chi connectivity index (χ1n) is 1.95. The van der Waals surface area contributed by atoms with E-state index in [1.165, 1.54) is 7.11 Å². The van der Waals surface area contributed by atoms with Gasteiger partial charge in [-0.1, -0.05) is 0 Å². The van der Waals surface area contributed by atoms with Crippen LogP contribution in [-0.2, 0) is 4.74 Å². The fourth-order valence-electron chi connectivity index (χ4n) is 0.214. The van der Waals surface area contributed by atoms with Gasteiger partial charge in [0.25, 0.3) is 0 Å². The lowest BCUT2D eigenvalue weighted by atomic mass is 10.4. The summed E-state index contributed by atoms with van der Waals surface area (Å²) in [6.45, 7) is 0.833. The standard InChI is InChI=1S/C4H9O3/c1-7-3-4(6)2-5/h2,4-6H,3H2,1H3. The molecule has 0 spiro atoms. The zero-order chi connectivity index (χ0) is 5.70. The summed E-state index contributed by atoms with van der Waals surface area (Å²) in [5.74, 6) is 0. The smallest absolute Gasteiger partial charge is 0.111 e. The van der Waals surface area contributed by atoms with Gasteiger partial charge < -0.3 is 14.9 Å². The molecule has 0 aliphatic rings. The average Bonchev–Trinajstić information content (AvgIpc) is 1.68. The zero-order valence-corrected chi connectivity index (χ0v) is 4.16. The fraction of sp³-hybridized carbons (Fsp3) is 0.750. The summed E-state index contributed by atoms with van der Waals surface area (Å²) >= 11 is 0. The molecule has 7 heavy (non-hydrogen) atoms. The van der Waals surface area contributed by atoms with Crippen LogP contribution in [-0.4, -0.2) is 30.0 Å². The first-order valence-corrected chi connectivity index (χ1v) is 1.95. The Hall–Kier alpha value is -0.120. The normalized spacial score (nSPS) is 14.1. The molecular formula is C4H9O3. The van der Waals surface area contributed by atoms with Crippen molar-refractivity contribution in [3.05, 3.63) is 6.61 Å². The second kappa shape index (κ2) is 4.05. The molecule has 0 aliphatic heterocycles. The molecule has 0 aromatic heterocycles. The van der Waals surface area contributed by atoms with E-state index in [0.717, 1.165) is 0 Å². The molecule has 0 bridgehead atoms. The molecule has 0 rings (SSSR count). The second-order valence-corrected chi connectivity index (χ2v) is 1.17. The first kappa shape index (κ1) is 6.88. The molecule has 3 nitrogen and oxygen atoms in total. The summed E-state index contributed by atoms with van der Waals surface area (Å²) in [5.41, 5.74) is 0. The van der Waals surface area contributed by atoms with Gasteiger partial charge in [-0.25, -0.2) is 0 Å². The highest BCUT2D eigenvalue weighted by Gasteiger charge is 1.97. The van der Waals surface area contributed by atoms with Crippen LogP contribution >= 0.6 is 0 Å². The van der Waals surface area contributed by atoms with Crippen LogP contribution in [0.3, 0.4) is 0 Å². The maximum Gasteiger partial charge on any atom is 0.111 e. The second-order valence-electron chi connectivity index (χ2n) is 1.17. The first-order chi connectivity index (χ1) is 3.31. The lowest BCUT2D eigenvalue weighted by Gasteiger charge is -2.01. The van der Waals surface area contributed by atoms with Crippen LogP contribution in [0, 0.1) is 6.61 Å². The molecule has 1 atom stereocenters. The van der Waals surface area contributed by atoms with E-state index >= 15 is 0 Å². The third kappa shape index (κ3) is 3.72. The Morgan fingerprint density at radius 2 is 2.43 bits per heavy atom. The van der Waals surface area contributed by atoms with Gasteiger partial charge in [0.1, 0.15) is 12.7 Å². The molecule has 0 saturated carbocycles. The fourth-order valence-corrected chi connectivity index (χ4v) is 0.214. The van der Waals surface area contributed by atoms with Crippen molar-refractivity contribution in [3.63, 3.8) is 0 Å². The monoisotopic (exact) mass is 105 g/mol. The molecule has 0 amide bonds. The number of hydrogen-bond donors (Lipinski definition) is 2. The van der Waals surface area contributed by atoms with Crippen molar-refractivity contribution in [3.8, 4) is 0 Å². The van der Waals surface area contributed by atoms with Crippen LogP contribution in [0.2, 0.25) is 0 Å². The largest absolute Gasteiger partial charge is 0.388 e. The van der Waals surface area contributed by atoms with Gasteiger partial charge in [-0.3, -0.25) is 0 Å². The Kier molecular flexibility index (Phi) is 3.98. The predicted octanol–water partition coefficient (Wildman–Crippen LogP) is -0.472. The molecule has 0 saturated heterocycles. The van der Waals surface area contributed by atoms with E-state index in [2.05, 4.69) is 4.74 Å². The summed E-state index contributed by atoms with van der Waals surface area (Å²) in [7, 11) is 1.45. The Labute approximate surface area is 42.5 Å². The lowest BCUT2D eigenvalue weighted by molar-refractivity contribution is 0.0554. The van der Waals surface area contributed by atoms with Crippen LogP contribution in [0.15, 0.2) is 0 Å².